The second-order valence-electron chi connectivity index (χ2n) is 18.3. The smallest absolute Gasteiger partial charge is 0.306 e. The van der Waals surface area contributed by atoms with Crippen molar-refractivity contribution in [3.8, 4) is 0 Å². The van der Waals surface area contributed by atoms with Crippen molar-refractivity contribution in [3.63, 3.8) is 0 Å². The molecule has 3 fully saturated rings. The first-order valence-electron chi connectivity index (χ1n) is 22.0. The average Bonchev–Trinajstić information content (AvgIpc) is 3.43. The summed E-state index contributed by atoms with van der Waals surface area (Å²) < 4.78 is 6.08. The van der Waals surface area contributed by atoms with Gasteiger partial charge in [-0.05, 0) is 125 Å². The Morgan fingerprint density at radius 2 is 1.49 bits per heavy atom. The minimum Gasteiger partial charge on any atom is -0.462 e. The van der Waals surface area contributed by atoms with Gasteiger partial charge in [-0.1, -0.05) is 98.1 Å². The summed E-state index contributed by atoms with van der Waals surface area (Å²) in [6.45, 7) is 19.4. The summed E-state index contributed by atoms with van der Waals surface area (Å²) in [5.41, 5.74) is 14.2. The molecule has 0 radical (unpaired) electrons. The molecule has 4 N–H and O–H groups in total. The number of carbonyl (C=O) groups excluding carboxylic acids is 2. The maximum absolute atomic E-state index is 13.2. The molecular formula is C45H83N3O3. The zero-order valence-corrected chi connectivity index (χ0v) is 34.8. The maximum atomic E-state index is 13.2. The van der Waals surface area contributed by atoms with Gasteiger partial charge in [0.2, 0.25) is 5.91 Å². The maximum Gasteiger partial charge on any atom is 0.306 e. The Bertz CT molecular complexity index is 1070. The fourth-order valence-corrected chi connectivity index (χ4v) is 10.9. The molecule has 9 atom stereocenters. The summed E-state index contributed by atoms with van der Waals surface area (Å²) in [7, 11) is 0. The second-order valence-corrected chi connectivity index (χ2v) is 18.3. The minimum atomic E-state index is -0.212. The van der Waals surface area contributed by atoms with Gasteiger partial charge in [0.25, 0.3) is 0 Å². The van der Waals surface area contributed by atoms with E-state index in [1.807, 2.05) is 25.7 Å². The summed E-state index contributed by atoms with van der Waals surface area (Å²) in [6.07, 6.45) is 25.9. The molecule has 0 saturated heterocycles. The van der Waals surface area contributed by atoms with Crippen LogP contribution in [0.5, 0.6) is 0 Å². The normalized spacial score (nSPS) is 31.0. The van der Waals surface area contributed by atoms with E-state index in [4.69, 9.17) is 16.2 Å². The highest BCUT2D eigenvalue weighted by Gasteiger charge is 2.58. The number of ether oxygens (including phenoxy) is 1. The molecule has 4 aliphatic carbocycles. The number of hydrogen-bond donors (Lipinski definition) is 2. The van der Waals surface area contributed by atoms with Crippen LogP contribution in [0.15, 0.2) is 11.6 Å². The Hall–Kier alpha value is -1.40. The van der Waals surface area contributed by atoms with Crippen molar-refractivity contribution in [1.82, 2.24) is 4.90 Å². The van der Waals surface area contributed by atoms with E-state index in [1.165, 1.54) is 77.0 Å². The van der Waals surface area contributed by atoms with E-state index in [1.54, 1.807) is 5.57 Å². The summed E-state index contributed by atoms with van der Waals surface area (Å²) >= 11 is 0. The van der Waals surface area contributed by atoms with E-state index < -0.39 is 0 Å². The lowest BCUT2D eigenvalue weighted by Crippen LogP contribution is -2.50. The van der Waals surface area contributed by atoms with E-state index in [0.717, 1.165) is 81.1 Å². The van der Waals surface area contributed by atoms with Gasteiger partial charge in [-0.2, -0.15) is 0 Å². The molecule has 0 aromatic carbocycles. The summed E-state index contributed by atoms with van der Waals surface area (Å²) in [6, 6.07) is 0.327. The Morgan fingerprint density at radius 1 is 0.804 bits per heavy atom. The Labute approximate surface area is 315 Å². The third kappa shape index (κ3) is 12.6. The third-order valence-electron chi connectivity index (χ3n) is 14.0. The van der Waals surface area contributed by atoms with Crippen LogP contribution in [0, 0.1) is 40.4 Å². The Balaban J connectivity index is 0.00000345. The highest BCUT2D eigenvalue weighted by molar-refractivity contribution is 5.81. The first-order chi connectivity index (χ1) is 24.3. The lowest BCUT2D eigenvalue weighted by atomic mass is 9.47. The third-order valence-corrected chi connectivity index (χ3v) is 14.0. The fraction of sp³-hybridized carbons (Fsp3) is 0.911. The molecule has 51 heavy (non-hydrogen) atoms. The van der Waals surface area contributed by atoms with Gasteiger partial charge < -0.3 is 21.1 Å². The van der Waals surface area contributed by atoms with Crippen LogP contribution in [0.4, 0.5) is 0 Å². The molecule has 0 aromatic heterocycles. The number of carbonyl (C=O) groups is 2. The van der Waals surface area contributed by atoms with Gasteiger partial charge in [-0.15, -0.1) is 0 Å². The molecule has 9 unspecified atom stereocenters. The number of nitrogens with two attached hydrogens (primary N) is 2. The van der Waals surface area contributed by atoms with Crippen molar-refractivity contribution in [2.45, 2.75) is 208 Å². The summed E-state index contributed by atoms with van der Waals surface area (Å²) in [5, 5.41) is 0. The predicted octanol–water partition coefficient (Wildman–Crippen LogP) is 10.8. The van der Waals surface area contributed by atoms with Crippen LogP contribution in [0.1, 0.15) is 190 Å². The van der Waals surface area contributed by atoms with E-state index in [-0.39, 0.29) is 48.3 Å². The zero-order valence-electron chi connectivity index (χ0n) is 34.8. The lowest BCUT2D eigenvalue weighted by molar-refractivity contribution is -0.153. The van der Waals surface area contributed by atoms with Crippen molar-refractivity contribution in [1.29, 1.82) is 0 Å². The summed E-state index contributed by atoms with van der Waals surface area (Å²) in [5.74, 6) is 4.06. The van der Waals surface area contributed by atoms with Crippen LogP contribution in [0.2, 0.25) is 0 Å². The number of nitrogens with zero attached hydrogens (tertiary/aromatic N) is 1. The molecule has 4 aliphatic rings. The number of fused-ring (bicyclic) bond motifs is 5. The number of amides is 1. The van der Waals surface area contributed by atoms with Gasteiger partial charge in [0.1, 0.15) is 6.10 Å². The molecule has 0 spiro atoms. The van der Waals surface area contributed by atoms with E-state index in [9.17, 15) is 9.59 Å². The molecule has 0 aliphatic heterocycles. The van der Waals surface area contributed by atoms with Gasteiger partial charge in [-0.3, -0.25) is 9.59 Å². The van der Waals surface area contributed by atoms with E-state index >= 15 is 0 Å². The molecule has 0 aromatic rings. The second kappa shape index (κ2) is 21.5. The van der Waals surface area contributed by atoms with Gasteiger partial charge >= 0.3 is 5.97 Å². The number of allylic oxidation sites excluding steroid dienone is 1. The Kier molecular flexibility index (Phi) is 18.5. The van der Waals surface area contributed by atoms with E-state index in [0.29, 0.717) is 12.0 Å². The quantitative estimate of drug-likeness (QED) is 0.0743. The van der Waals surface area contributed by atoms with Gasteiger partial charge in [0.15, 0.2) is 0 Å². The Morgan fingerprint density at radius 3 is 2.20 bits per heavy atom. The molecule has 296 valence electrons. The van der Waals surface area contributed by atoms with Crippen molar-refractivity contribution in [3.05, 3.63) is 11.6 Å². The zero-order chi connectivity index (χ0) is 37.6. The van der Waals surface area contributed by atoms with E-state index in [2.05, 4.69) is 40.7 Å². The predicted molar refractivity (Wildman–Crippen MR) is 215 cm³/mol. The SMILES string of the molecule is CC.CC(C)CCCCC1CCC2C3CC=C4CC(OC(=O)CCC(=O)N(CCCCCCCC(C)N)CCC(C)N)CCC4(C)C3CCC12C. The number of hydrogen-bond acceptors (Lipinski definition) is 5. The standard InChI is InChI=1S/C43H77N3O3.C2H6/c1-31(2)14-11-12-16-34-18-20-38-37-19-17-35-30-36(23-26-43(35,6)39(37)24-27-42(34,38)5)49-41(48)22-21-40(47)46(29-25-33(4)45)28-13-9-7-8-10-15-32(3)44;1-2/h17,31-34,36-39H,7-16,18-30,44-45H2,1-6H3;1-2H3. The van der Waals surface area contributed by atoms with Crippen molar-refractivity contribution in [2.24, 2.45) is 51.9 Å². The van der Waals surface area contributed by atoms with Gasteiger partial charge in [0, 0.05) is 38.0 Å². The van der Waals surface area contributed by atoms with Crippen molar-refractivity contribution in [2.75, 3.05) is 13.1 Å². The number of esters is 1. The number of rotatable bonds is 20. The average molecular weight is 714 g/mol. The summed E-state index contributed by atoms with van der Waals surface area (Å²) in [4.78, 5) is 28.2. The van der Waals surface area contributed by atoms with Crippen molar-refractivity contribution >= 4 is 11.9 Å². The fourth-order valence-electron chi connectivity index (χ4n) is 10.9. The lowest BCUT2D eigenvalue weighted by Gasteiger charge is -2.58. The minimum absolute atomic E-state index is 0.0505. The molecule has 0 heterocycles. The monoisotopic (exact) mass is 714 g/mol. The highest BCUT2D eigenvalue weighted by Crippen LogP contribution is 2.66. The van der Waals surface area contributed by atoms with Crippen LogP contribution in [-0.4, -0.2) is 48.1 Å². The first-order valence-corrected chi connectivity index (χ1v) is 22.0. The molecule has 0 bridgehead atoms. The van der Waals surface area contributed by atoms with Crippen LogP contribution in [0.25, 0.3) is 0 Å². The van der Waals surface area contributed by atoms with Gasteiger partial charge in [-0.25, -0.2) is 0 Å². The van der Waals surface area contributed by atoms with Crippen LogP contribution in [0.3, 0.4) is 0 Å². The van der Waals surface area contributed by atoms with Gasteiger partial charge in [0.05, 0.1) is 6.42 Å². The molecule has 1 amide bonds. The molecule has 4 rings (SSSR count). The molecule has 6 heteroatoms. The van der Waals surface area contributed by atoms with Crippen LogP contribution < -0.4 is 11.5 Å². The van der Waals surface area contributed by atoms with Crippen molar-refractivity contribution < 1.29 is 14.3 Å². The van der Waals surface area contributed by atoms with Crippen LogP contribution in [-0.2, 0) is 14.3 Å². The van der Waals surface area contributed by atoms with Crippen LogP contribution >= 0.6 is 0 Å². The highest BCUT2D eigenvalue weighted by atomic mass is 16.5. The molecule has 6 nitrogen and oxygen atoms in total. The number of unbranched alkanes of at least 4 members (excludes halogenated alkanes) is 5. The largest absolute Gasteiger partial charge is 0.462 e. The topological polar surface area (TPSA) is 98.7 Å². The first kappa shape index (κ1) is 44.0. The molecular weight excluding hydrogens is 631 g/mol. The molecule has 3 saturated carbocycles.